The summed E-state index contributed by atoms with van der Waals surface area (Å²) in [6.07, 6.45) is -0.997. The second-order valence-corrected chi connectivity index (χ2v) is 8.93. The number of amides is 2. The fraction of sp³-hybridized carbons (Fsp3) is 0.591. The first kappa shape index (κ1) is 27.3. The van der Waals surface area contributed by atoms with Crippen LogP contribution in [-0.4, -0.2) is 53.5 Å². The molecule has 3 N–H and O–H groups in total. The maximum atomic E-state index is 13.0. The number of carbonyl (C=O) groups is 3. The first-order valence-electron chi connectivity index (χ1n) is 10.2. The Morgan fingerprint density at radius 3 is 2.16 bits per heavy atom. The third kappa shape index (κ3) is 9.59. The summed E-state index contributed by atoms with van der Waals surface area (Å²) >= 11 is 0. The Bertz CT molecular complexity index is 767. The lowest BCUT2D eigenvalue weighted by atomic mass is 9.83. The van der Waals surface area contributed by atoms with Gasteiger partial charge in [-0.25, -0.2) is 9.59 Å². The van der Waals surface area contributed by atoms with Crippen LogP contribution in [0.2, 0.25) is 0 Å². The van der Waals surface area contributed by atoms with Crippen LogP contribution in [0, 0.1) is 5.92 Å². The molecule has 32 heavy (non-hydrogen) atoms. The molecule has 1 aromatic carbocycles. The van der Waals surface area contributed by atoms with E-state index in [2.05, 4.69) is 15.4 Å². The largest absolute Gasteiger partial charge is 0.479 e. The summed E-state index contributed by atoms with van der Waals surface area (Å²) in [5.74, 6) is -2.38. The SMILES string of the molecule is CC(C)C[C@@](Cc1ccccc1)(NC(=O)[C@H](COC(F)F)NC(=O)OC(C)(C)C)C(=O)O. The Morgan fingerprint density at radius 1 is 1.09 bits per heavy atom. The van der Waals surface area contributed by atoms with E-state index in [0.717, 1.165) is 0 Å². The molecule has 0 aliphatic rings. The quantitative estimate of drug-likeness (QED) is 0.469. The van der Waals surface area contributed by atoms with Crippen LogP contribution >= 0.6 is 0 Å². The van der Waals surface area contributed by atoms with Crippen molar-refractivity contribution in [2.24, 2.45) is 5.92 Å². The van der Waals surface area contributed by atoms with Crippen LogP contribution in [0.1, 0.15) is 46.6 Å². The molecule has 1 rings (SSSR count). The molecule has 0 saturated carbocycles. The lowest BCUT2D eigenvalue weighted by Gasteiger charge is -2.34. The highest BCUT2D eigenvalue weighted by Crippen LogP contribution is 2.23. The Morgan fingerprint density at radius 2 is 1.69 bits per heavy atom. The second kappa shape index (κ2) is 11.8. The van der Waals surface area contributed by atoms with Crippen molar-refractivity contribution in [1.29, 1.82) is 0 Å². The second-order valence-electron chi connectivity index (χ2n) is 8.93. The van der Waals surface area contributed by atoms with E-state index in [4.69, 9.17) is 4.74 Å². The van der Waals surface area contributed by atoms with Gasteiger partial charge >= 0.3 is 18.7 Å². The van der Waals surface area contributed by atoms with Gasteiger partial charge in [0.15, 0.2) is 0 Å². The summed E-state index contributed by atoms with van der Waals surface area (Å²) in [5.41, 5.74) is -1.97. The molecule has 0 fully saturated rings. The molecule has 0 heterocycles. The number of hydrogen-bond acceptors (Lipinski definition) is 5. The number of carboxylic acid groups (broad SMARTS) is 1. The normalized spacial score (nSPS) is 14.5. The number of alkyl carbamates (subject to hydrolysis) is 1. The van der Waals surface area contributed by atoms with Crippen molar-refractivity contribution in [3.63, 3.8) is 0 Å². The lowest BCUT2D eigenvalue weighted by Crippen LogP contribution is -2.62. The van der Waals surface area contributed by atoms with Crippen molar-refractivity contribution in [1.82, 2.24) is 10.6 Å². The number of carboxylic acids is 1. The van der Waals surface area contributed by atoms with E-state index in [0.29, 0.717) is 5.56 Å². The monoisotopic (exact) mass is 458 g/mol. The number of rotatable bonds is 11. The van der Waals surface area contributed by atoms with E-state index in [9.17, 15) is 28.3 Å². The Hall–Kier alpha value is -2.75. The van der Waals surface area contributed by atoms with Gasteiger partial charge in [0.2, 0.25) is 5.91 Å². The summed E-state index contributed by atoms with van der Waals surface area (Å²) in [6, 6.07) is 7.10. The van der Waals surface area contributed by atoms with Gasteiger partial charge in [0.25, 0.3) is 0 Å². The molecule has 2 atom stereocenters. The topological polar surface area (TPSA) is 114 Å². The zero-order chi connectivity index (χ0) is 24.5. The smallest absolute Gasteiger partial charge is 0.408 e. The maximum absolute atomic E-state index is 13.0. The van der Waals surface area contributed by atoms with Gasteiger partial charge in [0.05, 0.1) is 6.61 Å². The number of benzene rings is 1. The summed E-state index contributed by atoms with van der Waals surface area (Å²) in [4.78, 5) is 37.4. The summed E-state index contributed by atoms with van der Waals surface area (Å²) < 4.78 is 34.5. The van der Waals surface area contributed by atoms with Gasteiger partial charge in [-0.05, 0) is 38.7 Å². The number of alkyl halides is 2. The van der Waals surface area contributed by atoms with Crippen LogP contribution in [0.5, 0.6) is 0 Å². The van der Waals surface area contributed by atoms with Crippen LogP contribution in [-0.2, 0) is 25.5 Å². The van der Waals surface area contributed by atoms with Crippen molar-refractivity contribution in [3.8, 4) is 0 Å². The van der Waals surface area contributed by atoms with Crippen LogP contribution in [0.4, 0.5) is 13.6 Å². The van der Waals surface area contributed by atoms with E-state index in [1.807, 2.05) is 0 Å². The fourth-order valence-electron chi connectivity index (χ4n) is 3.15. The average molecular weight is 459 g/mol. The van der Waals surface area contributed by atoms with Crippen molar-refractivity contribution < 1.29 is 37.7 Å². The summed E-state index contributed by atoms with van der Waals surface area (Å²) in [5, 5.41) is 14.7. The molecule has 0 radical (unpaired) electrons. The molecule has 0 aromatic heterocycles. The molecule has 180 valence electrons. The van der Waals surface area contributed by atoms with Gasteiger partial charge in [-0.3, -0.25) is 4.79 Å². The number of hydrogen-bond donors (Lipinski definition) is 3. The molecule has 0 unspecified atom stereocenters. The van der Waals surface area contributed by atoms with Crippen LogP contribution < -0.4 is 10.6 Å². The third-order valence-corrected chi connectivity index (χ3v) is 4.27. The molecule has 0 saturated heterocycles. The van der Waals surface area contributed by atoms with Crippen molar-refractivity contribution in [2.75, 3.05) is 6.61 Å². The molecule has 1 aromatic rings. The van der Waals surface area contributed by atoms with Crippen molar-refractivity contribution in [3.05, 3.63) is 35.9 Å². The van der Waals surface area contributed by atoms with Gasteiger partial charge in [-0.2, -0.15) is 8.78 Å². The first-order chi connectivity index (χ1) is 14.7. The number of ether oxygens (including phenoxy) is 2. The van der Waals surface area contributed by atoms with Gasteiger partial charge < -0.3 is 25.2 Å². The Balaban J connectivity index is 3.18. The minimum absolute atomic E-state index is 0.0397. The minimum Gasteiger partial charge on any atom is -0.479 e. The van der Waals surface area contributed by atoms with Gasteiger partial charge in [0, 0.05) is 6.42 Å². The van der Waals surface area contributed by atoms with E-state index >= 15 is 0 Å². The molecule has 2 amide bonds. The zero-order valence-corrected chi connectivity index (χ0v) is 19.0. The standard InChI is InChI=1S/C22H32F2N2O6/c1-14(2)11-22(18(28)29,12-15-9-7-6-8-10-15)26-17(27)16(13-31-19(23)24)25-20(30)32-21(3,4)5/h6-10,14,16,19H,11-13H2,1-5H3,(H,25,30)(H,26,27)(H,28,29)/t16-,22-/m0/s1. The van der Waals surface area contributed by atoms with Gasteiger partial charge in [-0.1, -0.05) is 44.2 Å². The number of carbonyl (C=O) groups excluding carboxylic acids is 2. The zero-order valence-electron chi connectivity index (χ0n) is 19.0. The van der Waals surface area contributed by atoms with E-state index in [1.54, 1.807) is 65.0 Å². The fourth-order valence-corrected chi connectivity index (χ4v) is 3.15. The molecule has 8 nitrogen and oxygen atoms in total. The molecule has 10 heteroatoms. The van der Waals surface area contributed by atoms with Gasteiger partial charge in [-0.15, -0.1) is 0 Å². The summed E-state index contributed by atoms with van der Waals surface area (Å²) in [7, 11) is 0. The van der Waals surface area contributed by atoms with E-state index in [1.165, 1.54) is 0 Å². The molecular formula is C22H32F2N2O6. The van der Waals surface area contributed by atoms with E-state index < -0.39 is 48.4 Å². The third-order valence-electron chi connectivity index (χ3n) is 4.27. The highest BCUT2D eigenvalue weighted by Gasteiger charge is 2.42. The predicted octanol–water partition coefficient (Wildman–Crippen LogP) is 3.35. The molecule has 0 spiro atoms. The number of halogens is 2. The number of aliphatic carboxylic acids is 1. The van der Waals surface area contributed by atoms with Crippen molar-refractivity contribution >= 4 is 18.0 Å². The maximum Gasteiger partial charge on any atom is 0.408 e. The van der Waals surface area contributed by atoms with Crippen LogP contribution in [0.25, 0.3) is 0 Å². The average Bonchev–Trinajstić information content (AvgIpc) is 2.63. The predicted molar refractivity (Wildman–Crippen MR) is 113 cm³/mol. The molecule has 0 bridgehead atoms. The highest BCUT2D eigenvalue weighted by atomic mass is 19.3. The van der Waals surface area contributed by atoms with E-state index in [-0.39, 0.29) is 18.8 Å². The van der Waals surface area contributed by atoms with Crippen LogP contribution in [0.15, 0.2) is 30.3 Å². The highest BCUT2D eigenvalue weighted by molar-refractivity contribution is 5.91. The molecular weight excluding hydrogens is 426 g/mol. The van der Waals surface area contributed by atoms with Crippen molar-refractivity contribution in [2.45, 2.75) is 71.3 Å². The number of nitrogens with one attached hydrogen (secondary N) is 2. The molecule has 0 aliphatic heterocycles. The molecule has 0 aliphatic carbocycles. The lowest BCUT2D eigenvalue weighted by molar-refractivity contribution is -0.152. The van der Waals surface area contributed by atoms with Gasteiger partial charge in [0.1, 0.15) is 17.2 Å². The first-order valence-corrected chi connectivity index (χ1v) is 10.2. The van der Waals surface area contributed by atoms with Crippen LogP contribution in [0.3, 0.4) is 0 Å². The summed E-state index contributed by atoms with van der Waals surface area (Å²) in [6.45, 7) is 4.32. The minimum atomic E-state index is -3.19. The Labute approximate surface area is 186 Å². The Kier molecular flexibility index (Phi) is 10.0.